The highest BCUT2D eigenvalue weighted by Crippen LogP contribution is 2.45. The molecule has 2 N–H and O–H groups in total. The number of likely N-dealkylation sites (tertiary alicyclic amines) is 1. The number of nitrogens with zero attached hydrogens (tertiary/aromatic N) is 3. The summed E-state index contributed by atoms with van der Waals surface area (Å²) in [6.07, 6.45) is 2.90. The highest BCUT2D eigenvalue weighted by Gasteiger charge is 2.56. The summed E-state index contributed by atoms with van der Waals surface area (Å²) in [5.74, 6) is 0.838. The van der Waals surface area contributed by atoms with E-state index in [-0.39, 0.29) is 23.3 Å². The molecule has 0 bridgehead atoms. The zero-order valence-electron chi connectivity index (χ0n) is 15.2. The summed E-state index contributed by atoms with van der Waals surface area (Å²) in [5.41, 5.74) is 7.69. The van der Waals surface area contributed by atoms with Crippen LogP contribution in [0.1, 0.15) is 45.9 Å². The van der Waals surface area contributed by atoms with Gasteiger partial charge < -0.3 is 19.8 Å². The SMILES string of the molecule is CC1=C(C(=O)N2C[C@H]3COC[C@@]3(c3nnc(N)o3)C2)CCC(C)(C)C1. The molecule has 7 heteroatoms. The van der Waals surface area contributed by atoms with E-state index >= 15 is 0 Å². The van der Waals surface area contributed by atoms with Crippen LogP contribution in [0.25, 0.3) is 0 Å². The molecule has 2 fully saturated rings. The molecule has 1 aromatic rings. The Bertz CT molecular complexity index is 738. The molecule has 0 saturated carbocycles. The Balaban J connectivity index is 1.59. The Morgan fingerprint density at radius 1 is 1.36 bits per heavy atom. The van der Waals surface area contributed by atoms with Crippen molar-refractivity contribution in [3.05, 3.63) is 17.0 Å². The van der Waals surface area contributed by atoms with Gasteiger partial charge in [-0.2, -0.15) is 0 Å². The predicted molar refractivity (Wildman–Crippen MR) is 91.6 cm³/mol. The number of hydrogen-bond acceptors (Lipinski definition) is 6. The smallest absolute Gasteiger partial charge is 0.312 e. The second kappa shape index (κ2) is 5.56. The molecule has 2 aliphatic heterocycles. The summed E-state index contributed by atoms with van der Waals surface area (Å²) in [6.45, 7) is 8.96. The van der Waals surface area contributed by atoms with E-state index in [1.54, 1.807) is 0 Å². The minimum absolute atomic E-state index is 0.0628. The van der Waals surface area contributed by atoms with Gasteiger partial charge in [0.05, 0.1) is 18.6 Å². The molecule has 0 spiro atoms. The average molecular weight is 346 g/mol. The molecule has 0 radical (unpaired) electrons. The van der Waals surface area contributed by atoms with Gasteiger partial charge in [-0.15, -0.1) is 5.10 Å². The van der Waals surface area contributed by atoms with Crippen molar-refractivity contribution in [3.63, 3.8) is 0 Å². The number of allylic oxidation sites excluding steroid dienone is 1. The van der Waals surface area contributed by atoms with E-state index in [1.165, 1.54) is 5.57 Å². The summed E-state index contributed by atoms with van der Waals surface area (Å²) in [6, 6.07) is 0.0628. The van der Waals surface area contributed by atoms with Crippen LogP contribution in [0.4, 0.5) is 6.01 Å². The van der Waals surface area contributed by atoms with Gasteiger partial charge >= 0.3 is 6.01 Å². The summed E-state index contributed by atoms with van der Waals surface area (Å²) in [5, 5.41) is 7.90. The molecule has 7 nitrogen and oxygen atoms in total. The van der Waals surface area contributed by atoms with Crippen LogP contribution in [0, 0.1) is 11.3 Å². The topological polar surface area (TPSA) is 94.5 Å². The summed E-state index contributed by atoms with van der Waals surface area (Å²) in [4.78, 5) is 15.1. The Labute approximate surface area is 147 Å². The van der Waals surface area contributed by atoms with E-state index in [9.17, 15) is 4.79 Å². The third-order valence-electron chi connectivity index (χ3n) is 6.10. The lowest BCUT2D eigenvalue weighted by molar-refractivity contribution is -0.127. The van der Waals surface area contributed by atoms with Gasteiger partial charge in [-0.1, -0.05) is 24.5 Å². The third kappa shape index (κ3) is 2.65. The Morgan fingerprint density at radius 3 is 2.84 bits per heavy atom. The highest BCUT2D eigenvalue weighted by atomic mass is 16.5. The van der Waals surface area contributed by atoms with Gasteiger partial charge in [0.25, 0.3) is 0 Å². The van der Waals surface area contributed by atoms with Crippen molar-refractivity contribution in [2.75, 3.05) is 32.0 Å². The fourth-order valence-electron chi connectivity index (χ4n) is 4.70. The Morgan fingerprint density at radius 2 is 2.16 bits per heavy atom. The van der Waals surface area contributed by atoms with Crippen LogP contribution in [-0.4, -0.2) is 47.3 Å². The Hall–Kier alpha value is -1.89. The van der Waals surface area contributed by atoms with E-state index in [0.29, 0.717) is 32.2 Å². The zero-order chi connectivity index (χ0) is 17.8. The summed E-state index contributed by atoms with van der Waals surface area (Å²) in [7, 11) is 0. The number of anilines is 1. The zero-order valence-corrected chi connectivity index (χ0v) is 15.2. The van der Waals surface area contributed by atoms with Crippen molar-refractivity contribution in [2.24, 2.45) is 11.3 Å². The lowest BCUT2D eigenvalue weighted by Gasteiger charge is -2.33. The quantitative estimate of drug-likeness (QED) is 0.879. The van der Waals surface area contributed by atoms with Gasteiger partial charge in [0, 0.05) is 24.6 Å². The number of amides is 1. The van der Waals surface area contributed by atoms with Crippen molar-refractivity contribution in [1.82, 2.24) is 15.1 Å². The lowest BCUT2D eigenvalue weighted by atomic mass is 9.74. The van der Waals surface area contributed by atoms with Crippen molar-refractivity contribution < 1.29 is 13.9 Å². The molecule has 0 aromatic carbocycles. The van der Waals surface area contributed by atoms with Crippen LogP contribution in [0.15, 0.2) is 15.6 Å². The van der Waals surface area contributed by atoms with Crippen molar-refractivity contribution in [2.45, 2.75) is 45.4 Å². The molecule has 3 aliphatic rings. The second-order valence-electron chi connectivity index (χ2n) is 8.60. The first kappa shape index (κ1) is 16.6. The number of nitrogens with two attached hydrogens (primary N) is 1. The van der Waals surface area contributed by atoms with Crippen LogP contribution >= 0.6 is 0 Å². The fourth-order valence-corrected chi connectivity index (χ4v) is 4.70. The molecule has 136 valence electrons. The molecular formula is C18H26N4O3. The minimum atomic E-state index is -0.414. The number of carbonyl (C=O) groups is 1. The molecule has 4 rings (SSSR count). The third-order valence-corrected chi connectivity index (χ3v) is 6.10. The Kier molecular flexibility index (Phi) is 3.68. The lowest BCUT2D eigenvalue weighted by Crippen LogP contribution is -2.38. The number of carbonyl (C=O) groups excluding carboxylic acids is 1. The van der Waals surface area contributed by atoms with Gasteiger partial charge in [-0.25, -0.2) is 0 Å². The fraction of sp³-hybridized carbons (Fsp3) is 0.722. The first-order valence-corrected chi connectivity index (χ1v) is 8.96. The van der Waals surface area contributed by atoms with Crippen molar-refractivity contribution in [3.8, 4) is 0 Å². The molecule has 1 aliphatic carbocycles. The van der Waals surface area contributed by atoms with Crippen LogP contribution in [0.3, 0.4) is 0 Å². The maximum absolute atomic E-state index is 13.2. The summed E-state index contributed by atoms with van der Waals surface area (Å²) >= 11 is 0. The van der Waals surface area contributed by atoms with E-state index in [0.717, 1.165) is 24.8 Å². The van der Waals surface area contributed by atoms with Crippen LogP contribution in [0.5, 0.6) is 0 Å². The molecule has 2 atom stereocenters. The van der Waals surface area contributed by atoms with Crippen molar-refractivity contribution in [1.29, 1.82) is 0 Å². The predicted octanol–water partition coefficient (Wildman–Crippen LogP) is 1.90. The van der Waals surface area contributed by atoms with Crippen molar-refractivity contribution >= 4 is 11.9 Å². The first-order valence-electron chi connectivity index (χ1n) is 8.96. The molecule has 0 unspecified atom stereocenters. The molecular weight excluding hydrogens is 320 g/mol. The molecule has 2 saturated heterocycles. The molecule has 1 aromatic heterocycles. The summed E-state index contributed by atoms with van der Waals surface area (Å²) < 4.78 is 11.2. The van der Waals surface area contributed by atoms with Crippen LogP contribution in [-0.2, 0) is 14.9 Å². The maximum atomic E-state index is 13.2. The first-order chi connectivity index (χ1) is 11.8. The number of rotatable bonds is 2. The minimum Gasteiger partial charge on any atom is -0.407 e. The average Bonchev–Trinajstić information content (AvgIpc) is 3.19. The number of hydrogen-bond donors (Lipinski definition) is 1. The second-order valence-corrected chi connectivity index (χ2v) is 8.60. The number of aromatic nitrogens is 2. The van der Waals surface area contributed by atoms with Gasteiger partial charge in [-0.3, -0.25) is 4.79 Å². The van der Waals surface area contributed by atoms with Crippen LogP contribution in [0.2, 0.25) is 0 Å². The van der Waals surface area contributed by atoms with Gasteiger partial charge in [0.1, 0.15) is 0 Å². The largest absolute Gasteiger partial charge is 0.407 e. The molecule has 25 heavy (non-hydrogen) atoms. The molecule has 1 amide bonds. The van der Waals surface area contributed by atoms with Gasteiger partial charge in [-0.05, 0) is 31.6 Å². The number of fused-ring (bicyclic) bond motifs is 1. The van der Waals surface area contributed by atoms with E-state index in [1.807, 2.05) is 4.90 Å². The molecule has 3 heterocycles. The van der Waals surface area contributed by atoms with Crippen LogP contribution < -0.4 is 5.73 Å². The number of ether oxygens (including phenoxy) is 1. The number of nitrogen functional groups attached to an aromatic ring is 1. The highest BCUT2D eigenvalue weighted by molar-refractivity contribution is 5.94. The standard InChI is InChI=1S/C18H26N4O3/c1-11-6-17(2,3)5-4-13(11)14(23)22-7-12-8-24-10-18(12,9-22)15-20-21-16(19)25-15/h12H,4-10H2,1-3H3,(H2,19,21)/t12-,18-/m0/s1. The van der Waals surface area contributed by atoms with E-state index < -0.39 is 5.41 Å². The normalized spacial score (nSPS) is 31.5. The van der Waals surface area contributed by atoms with E-state index in [2.05, 4.69) is 31.0 Å². The van der Waals surface area contributed by atoms with E-state index in [4.69, 9.17) is 14.9 Å². The monoisotopic (exact) mass is 346 g/mol. The maximum Gasteiger partial charge on any atom is 0.312 e. The van der Waals surface area contributed by atoms with Gasteiger partial charge in [0.15, 0.2) is 0 Å². The van der Waals surface area contributed by atoms with Gasteiger partial charge in [0.2, 0.25) is 11.8 Å².